The van der Waals surface area contributed by atoms with Crippen LogP contribution in [0.2, 0.25) is 0 Å². The fourth-order valence-corrected chi connectivity index (χ4v) is 2.81. The summed E-state index contributed by atoms with van der Waals surface area (Å²) >= 11 is 0. The lowest BCUT2D eigenvalue weighted by atomic mass is 9.93. The topological polar surface area (TPSA) is 41.1 Å². The minimum atomic E-state index is 0.181. The first-order valence-corrected chi connectivity index (χ1v) is 6.73. The molecule has 2 N–H and O–H groups in total. The Labute approximate surface area is 98.4 Å². The third-order valence-corrected chi connectivity index (χ3v) is 4.23. The summed E-state index contributed by atoms with van der Waals surface area (Å²) in [5, 5.41) is 6.43. The van der Waals surface area contributed by atoms with E-state index in [4.69, 9.17) is 0 Å². The van der Waals surface area contributed by atoms with Crippen LogP contribution in [-0.2, 0) is 4.79 Å². The van der Waals surface area contributed by atoms with Crippen LogP contribution in [-0.4, -0.2) is 24.5 Å². The van der Waals surface area contributed by atoms with Gasteiger partial charge in [0.15, 0.2) is 0 Å². The predicted octanol–water partition coefficient (Wildman–Crippen LogP) is 1.68. The molecular weight excluding hydrogens is 200 g/mol. The van der Waals surface area contributed by atoms with E-state index >= 15 is 0 Å². The van der Waals surface area contributed by atoms with Crippen molar-refractivity contribution in [2.24, 2.45) is 11.8 Å². The Hall–Kier alpha value is -0.570. The first kappa shape index (κ1) is 11.9. The van der Waals surface area contributed by atoms with Crippen LogP contribution in [0.15, 0.2) is 0 Å². The number of carbonyl (C=O) groups is 1. The van der Waals surface area contributed by atoms with Crippen LogP contribution >= 0.6 is 0 Å². The van der Waals surface area contributed by atoms with Crippen LogP contribution in [0.4, 0.5) is 0 Å². The van der Waals surface area contributed by atoms with Crippen molar-refractivity contribution in [3.63, 3.8) is 0 Å². The number of hydrogen-bond acceptors (Lipinski definition) is 2. The summed E-state index contributed by atoms with van der Waals surface area (Å²) in [5.41, 5.74) is 0. The molecule has 2 rings (SSSR count). The second-order valence-corrected chi connectivity index (χ2v) is 5.43. The molecule has 1 amide bonds. The summed E-state index contributed by atoms with van der Waals surface area (Å²) in [4.78, 5) is 11.7. The van der Waals surface area contributed by atoms with E-state index in [0.717, 1.165) is 12.3 Å². The molecule has 0 saturated heterocycles. The van der Waals surface area contributed by atoms with Crippen molar-refractivity contribution in [3.05, 3.63) is 0 Å². The van der Waals surface area contributed by atoms with Gasteiger partial charge in [-0.2, -0.15) is 0 Å². The highest BCUT2D eigenvalue weighted by atomic mass is 16.2. The lowest BCUT2D eigenvalue weighted by molar-refractivity contribution is -0.121. The molecule has 0 bridgehead atoms. The van der Waals surface area contributed by atoms with Gasteiger partial charge in [-0.05, 0) is 37.5 Å². The van der Waals surface area contributed by atoms with Crippen LogP contribution in [0, 0.1) is 11.8 Å². The van der Waals surface area contributed by atoms with Crippen molar-refractivity contribution in [1.29, 1.82) is 0 Å². The highest BCUT2D eigenvalue weighted by Gasteiger charge is 2.32. The summed E-state index contributed by atoms with van der Waals surface area (Å²) in [5.74, 6) is 1.64. The van der Waals surface area contributed by atoms with E-state index in [1.807, 2.05) is 0 Å². The molecule has 0 aromatic carbocycles. The molecule has 3 heteroatoms. The molecule has 2 aliphatic carbocycles. The number of rotatable bonds is 5. The first-order chi connectivity index (χ1) is 7.70. The lowest BCUT2D eigenvalue weighted by Gasteiger charge is -2.21. The summed E-state index contributed by atoms with van der Waals surface area (Å²) in [6, 6.07) is 1.04. The highest BCUT2D eigenvalue weighted by Crippen LogP contribution is 2.33. The predicted molar refractivity (Wildman–Crippen MR) is 65.1 cm³/mol. The van der Waals surface area contributed by atoms with Crippen molar-refractivity contribution >= 4 is 5.91 Å². The van der Waals surface area contributed by atoms with Crippen LogP contribution in [0.3, 0.4) is 0 Å². The van der Waals surface area contributed by atoms with E-state index in [1.54, 1.807) is 0 Å². The monoisotopic (exact) mass is 224 g/mol. The van der Waals surface area contributed by atoms with Gasteiger partial charge in [-0.3, -0.25) is 4.79 Å². The van der Waals surface area contributed by atoms with Gasteiger partial charge in [0, 0.05) is 12.1 Å². The zero-order chi connectivity index (χ0) is 11.5. The molecule has 0 aromatic rings. The average Bonchev–Trinajstić information content (AvgIpc) is 3.03. The first-order valence-electron chi connectivity index (χ1n) is 6.73. The Kier molecular flexibility index (Phi) is 3.85. The standard InChI is InChI=1S/C13H24N2O/c1-3-10-4-7-12(9(10)2)15-13(16)8-14-11-5-6-11/h9-12,14H,3-8H2,1-2H3,(H,15,16). The molecule has 0 spiro atoms. The molecule has 92 valence electrons. The molecule has 3 unspecified atom stereocenters. The quantitative estimate of drug-likeness (QED) is 0.746. The Bertz CT molecular complexity index is 250. The number of nitrogens with one attached hydrogen (secondary N) is 2. The number of carbonyl (C=O) groups excluding carboxylic acids is 1. The van der Waals surface area contributed by atoms with Crippen LogP contribution < -0.4 is 10.6 Å². The van der Waals surface area contributed by atoms with Crippen LogP contribution in [0.25, 0.3) is 0 Å². The Morgan fingerprint density at radius 1 is 1.25 bits per heavy atom. The van der Waals surface area contributed by atoms with Gasteiger partial charge in [-0.25, -0.2) is 0 Å². The van der Waals surface area contributed by atoms with Crippen molar-refractivity contribution in [1.82, 2.24) is 10.6 Å². The van der Waals surface area contributed by atoms with Crippen molar-refractivity contribution in [2.75, 3.05) is 6.54 Å². The minimum absolute atomic E-state index is 0.181. The average molecular weight is 224 g/mol. The van der Waals surface area contributed by atoms with Crippen LogP contribution in [0.1, 0.15) is 46.0 Å². The smallest absolute Gasteiger partial charge is 0.234 e. The fraction of sp³-hybridized carbons (Fsp3) is 0.923. The van der Waals surface area contributed by atoms with E-state index in [-0.39, 0.29) is 5.91 Å². The lowest BCUT2D eigenvalue weighted by Crippen LogP contribution is -2.42. The van der Waals surface area contributed by atoms with Gasteiger partial charge in [-0.1, -0.05) is 20.3 Å². The minimum Gasteiger partial charge on any atom is -0.352 e. The van der Waals surface area contributed by atoms with Gasteiger partial charge >= 0.3 is 0 Å². The normalized spacial score (nSPS) is 34.0. The maximum absolute atomic E-state index is 11.7. The maximum atomic E-state index is 11.7. The number of hydrogen-bond donors (Lipinski definition) is 2. The summed E-state index contributed by atoms with van der Waals surface area (Å²) < 4.78 is 0. The molecule has 0 aromatic heterocycles. The third kappa shape index (κ3) is 2.97. The molecule has 2 aliphatic rings. The molecule has 16 heavy (non-hydrogen) atoms. The van der Waals surface area contributed by atoms with Crippen LogP contribution in [0.5, 0.6) is 0 Å². The molecule has 2 fully saturated rings. The molecule has 2 saturated carbocycles. The van der Waals surface area contributed by atoms with E-state index in [0.29, 0.717) is 24.5 Å². The van der Waals surface area contributed by atoms with Gasteiger partial charge in [0.05, 0.1) is 6.54 Å². The van der Waals surface area contributed by atoms with E-state index in [9.17, 15) is 4.79 Å². The molecule has 0 aliphatic heterocycles. The van der Waals surface area contributed by atoms with Gasteiger partial charge < -0.3 is 10.6 Å². The highest BCUT2D eigenvalue weighted by molar-refractivity contribution is 5.78. The summed E-state index contributed by atoms with van der Waals surface area (Å²) in [6.45, 7) is 5.03. The van der Waals surface area contributed by atoms with Crippen molar-refractivity contribution in [2.45, 2.75) is 58.0 Å². The molecular formula is C13H24N2O. The van der Waals surface area contributed by atoms with Crippen molar-refractivity contribution < 1.29 is 4.79 Å². The van der Waals surface area contributed by atoms with Gasteiger partial charge in [0.25, 0.3) is 0 Å². The largest absolute Gasteiger partial charge is 0.352 e. The second kappa shape index (κ2) is 5.17. The third-order valence-electron chi connectivity index (χ3n) is 4.23. The molecule has 3 atom stereocenters. The van der Waals surface area contributed by atoms with E-state index < -0.39 is 0 Å². The summed E-state index contributed by atoms with van der Waals surface area (Å²) in [6.07, 6.45) is 6.16. The Morgan fingerprint density at radius 2 is 2.00 bits per heavy atom. The van der Waals surface area contributed by atoms with Gasteiger partial charge in [0.1, 0.15) is 0 Å². The second-order valence-electron chi connectivity index (χ2n) is 5.43. The zero-order valence-electron chi connectivity index (χ0n) is 10.5. The Morgan fingerprint density at radius 3 is 2.56 bits per heavy atom. The fourth-order valence-electron chi connectivity index (χ4n) is 2.81. The van der Waals surface area contributed by atoms with E-state index in [1.165, 1.54) is 25.7 Å². The SMILES string of the molecule is CCC1CCC(NC(=O)CNC2CC2)C1C. The molecule has 0 radical (unpaired) electrons. The molecule has 0 heterocycles. The number of amides is 1. The summed E-state index contributed by atoms with van der Waals surface area (Å²) in [7, 11) is 0. The van der Waals surface area contributed by atoms with E-state index in [2.05, 4.69) is 24.5 Å². The molecule has 3 nitrogen and oxygen atoms in total. The van der Waals surface area contributed by atoms with Gasteiger partial charge in [0.2, 0.25) is 5.91 Å². The zero-order valence-corrected chi connectivity index (χ0v) is 10.5. The Balaban J connectivity index is 1.69. The van der Waals surface area contributed by atoms with Gasteiger partial charge in [-0.15, -0.1) is 0 Å². The maximum Gasteiger partial charge on any atom is 0.234 e. The van der Waals surface area contributed by atoms with Crippen molar-refractivity contribution in [3.8, 4) is 0 Å².